The van der Waals surface area contributed by atoms with Crippen LogP contribution in [0.4, 0.5) is 17.1 Å². The van der Waals surface area contributed by atoms with Crippen molar-refractivity contribution in [3.63, 3.8) is 0 Å². The molecule has 0 aromatic heterocycles. The molecule has 0 saturated carbocycles. The molecule has 2 aliphatic rings. The molecule has 1 unspecified atom stereocenters. The second-order valence-corrected chi connectivity index (χ2v) is 7.59. The predicted octanol–water partition coefficient (Wildman–Crippen LogP) is 3.60. The number of hydrogen-bond acceptors (Lipinski definition) is 6. The summed E-state index contributed by atoms with van der Waals surface area (Å²) < 4.78 is 10.8. The third-order valence-corrected chi connectivity index (χ3v) is 5.87. The highest BCUT2D eigenvalue weighted by Gasteiger charge is 2.25. The second kappa shape index (κ2) is 8.25. The maximum absolute atomic E-state index is 5.46. The van der Waals surface area contributed by atoms with Crippen molar-refractivity contribution in [3.8, 4) is 11.5 Å². The fourth-order valence-corrected chi connectivity index (χ4v) is 4.02. The van der Waals surface area contributed by atoms with Crippen LogP contribution in [0.3, 0.4) is 0 Å². The van der Waals surface area contributed by atoms with Gasteiger partial charge < -0.3 is 29.1 Å². The van der Waals surface area contributed by atoms with E-state index in [0.717, 1.165) is 43.4 Å². The van der Waals surface area contributed by atoms with Crippen molar-refractivity contribution in [3.05, 3.63) is 54.9 Å². The van der Waals surface area contributed by atoms with E-state index in [9.17, 15) is 0 Å². The van der Waals surface area contributed by atoms with Gasteiger partial charge in [-0.25, -0.2) is 0 Å². The lowest BCUT2D eigenvalue weighted by molar-refractivity contribution is 0.313. The number of rotatable bonds is 5. The molecule has 0 spiro atoms. The van der Waals surface area contributed by atoms with E-state index in [1.165, 1.54) is 11.4 Å². The van der Waals surface area contributed by atoms with Gasteiger partial charge in [0, 0.05) is 61.7 Å². The average Bonchev–Trinajstić information content (AvgIpc) is 3.15. The number of nitrogens with zero attached hydrogens (tertiary/aromatic N) is 4. The van der Waals surface area contributed by atoms with Crippen LogP contribution in [-0.2, 0) is 0 Å². The molecule has 2 aliphatic heterocycles. The quantitative estimate of drug-likeness (QED) is 0.770. The maximum Gasteiger partial charge on any atom is 0.162 e. The van der Waals surface area contributed by atoms with E-state index in [1.54, 1.807) is 14.2 Å². The molecular formula is C23H30N4O2. The fourth-order valence-electron chi connectivity index (χ4n) is 4.02. The zero-order valence-corrected chi connectivity index (χ0v) is 17.7. The van der Waals surface area contributed by atoms with E-state index in [0.29, 0.717) is 0 Å². The molecule has 1 atom stereocenters. The van der Waals surface area contributed by atoms with Gasteiger partial charge in [-0.05, 0) is 50.4 Å². The Hall–Kier alpha value is -2.86. The van der Waals surface area contributed by atoms with Gasteiger partial charge in [0.05, 0.1) is 14.2 Å². The smallest absolute Gasteiger partial charge is 0.162 e. The second-order valence-electron chi connectivity index (χ2n) is 7.59. The van der Waals surface area contributed by atoms with Crippen LogP contribution in [0.1, 0.15) is 6.92 Å². The standard InChI is InChI=1S/C23H30N4O2/c1-18-26(15-16-27(18)21-9-10-22(28-3)23(17-21)29-4)20-7-5-19(6-8-20)25-13-11-24(2)12-14-25/h5-10,15-18H,11-14H2,1-4H3. The molecule has 0 aliphatic carbocycles. The van der Waals surface area contributed by atoms with Gasteiger partial charge in [0.1, 0.15) is 6.17 Å². The van der Waals surface area contributed by atoms with Crippen LogP contribution in [0.2, 0.25) is 0 Å². The van der Waals surface area contributed by atoms with Crippen molar-refractivity contribution in [1.29, 1.82) is 0 Å². The molecule has 0 N–H and O–H groups in total. The van der Waals surface area contributed by atoms with Crippen molar-refractivity contribution >= 4 is 17.1 Å². The van der Waals surface area contributed by atoms with Crippen molar-refractivity contribution in [1.82, 2.24) is 4.90 Å². The Morgan fingerprint density at radius 2 is 1.28 bits per heavy atom. The Morgan fingerprint density at radius 1 is 0.724 bits per heavy atom. The molecule has 0 bridgehead atoms. The molecule has 0 radical (unpaired) electrons. The summed E-state index contributed by atoms with van der Waals surface area (Å²) in [5.74, 6) is 1.48. The minimum atomic E-state index is 0.169. The van der Waals surface area contributed by atoms with E-state index in [2.05, 4.69) is 76.3 Å². The van der Waals surface area contributed by atoms with E-state index < -0.39 is 0 Å². The Morgan fingerprint density at radius 3 is 1.90 bits per heavy atom. The highest BCUT2D eigenvalue weighted by molar-refractivity contribution is 5.65. The number of piperazine rings is 1. The lowest BCUT2D eigenvalue weighted by atomic mass is 10.2. The summed E-state index contributed by atoms with van der Waals surface area (Å²) >= 11 is 0. The molecule has 1 fully saturated rings. The first-order valence-corrected chi connectivity index (χ1v) is 10.1. The first-order valence-electron chi connectivity index (χ1n) is 10.1. The van der Waals surface area contributed by atoms with Crippen molar-refractivity contribution in [2.45, 2.75) is 13.1 Å². The monoisotopic (exact) mass is 394 g/mol. The minimum absolute atomic E-state index is 0.169. The van der Waals surface area contributed by atoms with Crippen molar-refractivity contribution < 1.29 is 9.47 Å². The Kier molecular flexibility index (Phi) is 5.53. The van der Waals surface area contributed by atoms with Gasteiger partial charge >= 0.3 is 0 Å². The number of ether oxygens (including phenoxy) is 2. The molecule has 6 heteroatoms. The first-order chi connectivity index (χ1) is 14.1. The summed E-state index contributed by atoms with van der Waals surface area (Å²) in [7, 11) is 5.51. The van der Waals surface area contributed by atoms with Gasteiger partial charge in [0.2, 0.25) is 0 Å². The number of benzene rings is 2. The highest BCUT2D eigenvalue weighted by Crippen LogP contribution is 2.35. The van der Waals surface area contributed by atoms with Gasteiger partial charge in [0.15, 0.2) is 11.5 Å². The SMILES string of the molecule is COc1ccc(N2C=CN(c3ccc(N4CCN(C)CC4)cc3)C2C)cc1OC. The number of likely N-dealkylation sites (N-methyl/N-ethyl adjacent to an activating group) is 1. The normalized spacial score (nSPS) is 19.7. The molecule has 6 nitrogen and oxygen atoms in total. The van der Waals surface area contributed by atoms with E-state index in [4.69, 9.17) is 9.47 Å². The van der Waals surface area contributed by atoms with E-state index in [-0.39, 0.29) is 6.17 Å². The lowest BCUT2D eigenvalue weighted by Gasteiger charge is -2.34. The van der Waals surface area contributed by atoms with Crippen LogP contribution >= 0.6 is 0 Å². The van der Waals surface area contributed by atoms with Gasteiger partial charge in [-0.2, -0.15) is 0 Å². The van der Waals surface area contributed by atoms with Crippen molar-refractivity contribution in [2.24, 2.45) is 0 Å². The number of methoxy groups -OCH3 is 2. The van der Waals surface area contributed by atoms with Gasteiger partial charge in [-0.15, -0.1) is 0 Å². The third kappa shape index (κ3) is 3.85. The number of anilines is 3. The lowest BCUT2D eigenvalue weighted by Crippen LogP contribution is -2.44. The van der Waals surface area contributed by atoms with Crippen molar-refractivity contribution in [2.75, 3.05) is 62.1 Å². The molecule has 2 aromatic rings. The zero-order valence-electron chi connectivity index (χ0n) is 17.7. The van der Waals surface area contributed by atoms with Crippen LogP contribution in [0, 0.1) is 0 Å². The summed E-state index contributed by atoms with van der Waals surface area (Å²) in [5.41, 5.74) is 3.56. The maximum atomic E-state index is 5.46. The van der Waals surface area contributed by atoms with Crippen LogP contribution in [0.5, 0.6) is 11.5 Å². The number of hydrogen-bond donors (Lipinski definition) is 0. The molecule has 2 aromatic carbocycles. The van der Waals surface area contributed by atoms with Crippen LogP contribution in [0.25, 0.3) is 0 Å². The summed E-state index contributed by atoms with van der Waals surface area (Å²) in [5, 5.41) is 0. The van der Waals surface area contributed by atoms with Gasteiger partial charge in [-0.3, -0.25) is 0 Å². The summed E-state index contributed by atoms with van der Waals surface area (Å²) in [6.07, 6.45) is 4.41. The highest BCUT2D eigenvalue weighted by atomic mass is 16.5. The topological polar surface area (TPSA) is 31.4 Å². The van der Waals surface area contributed by atoms with Crippen LogP contribution in [-0.4, -0.2) is 58.5 Å². The van der Waals surface area contributed by atoms with E-state index in [1.807, 2.05) is 12.1 Å². The molecule has 154 valence electrons. The molecule has 29 heavy (non-hydrogen) atoms. The van der Waals surface area contributed by atoms with Crippen LogP contribution in [0.15, 0.2) is 54.9 Å². The summed E-state index contributed by atoms with van der Waals surface area (Å²) in [4.78, 5) is 9.36. The summed E-state index contributed by atoms with van der Waals surface area (Å²) in [6, 6.07) is 14.9. The zero-order chi connectivity index (χ0) is 20.4. The largest absolute Gasteiger partial charge is 0.493 e. The molecule has 1 saturated heterocycles. The Balaban J connectivity index is 1.48. The average molecular weight is 395 g/mol. The summed E-state index contributed by atoms with van der Waals surface area (Å²) in [6.45, 7) is 6.61. The molecule has 4 rings (SSSR count). The minimum Gasteiger partial charge on any atom is -0.493 e. The van der Waals surface area contributed by atoms with E-state index >= 15 is 0 Å². The molecular weight excluding hydrogens is 364 g/mol. The molecule has 2 heterocycles. The third-order valence-electron chi connectivity index (χ3n) is 5.87. The predicted molar refractivity (Wildman–Crippen MR) is 119 cm³/mol. The van der Waals surface area contributed by atoms with Gasteiger partial charge in [0.25, 0.3) is 0 Å². The molecule has 0 amide bonds. The fraction of sp³-hybridized carbons (Fsp3) is 0.391. The Labute approximate surface area is 173 Å². The van der Waals surface area contributed by atoms with Crippen LogP contribution < -0.4 is 24.2 Å². The Bertz CT molecular complexity index is 860. The first kappa shape index (κ1) is 19.5. The van der Waals surface area contributed by atoms with Gasteiger partial charge in [-0.1, -0.05) is 0 Å².